The zero-order chi connectivity index (χ0) is 3.58. The topological polar surface area (TPSA) is 37.3 Å². The van der Waals surface area contributed by atoms with E-state index in [0.717, 1.165) is 0 Å². The number of rotatable bonds is 0. The van der Waals surface area contributed by atoms with Crippen molar-refractivity contribution in [3.8, 4) is 0 Å². The standard InChI is InChI=1S/CH4O2S.Mg/c1-4(2)3;/h1H3,(H,2,3);. The molecule has 2 radical (unpaired) electrons. The minimum atomic E-state index is -1.61. The fourth-order valence-corrected chi connectivity index (χ4v) is 0. The number of hydrogen-bond acceptors (Lipinski definition) is 1. The quantitative estimate of drug-likeness (QED) is 0.331. The average Bonchev–Trinajstić information content (AvgIpc) is 0.811. The molecule has 0 fully saturated rings. The van der Waals surface area contributed by atoms with Crippen LogP contribution in [-0.4, -0.2) is 38.1 Å². The summed E-state index contributed by atoms with van der Waals surface area (Å²) in [5, 5.41) is 0. The Morgan fingerprint density at radius 2 is 1.80 bits per heavy atom. The van der Waals surface area contributed by atoms with Crippen LogP contribution in [0, 0.1) is 0 Å². The van der Waals surface area contributed by atoms with E-state index < -0.39 is 11.1 Å². The summed E-state index contributed by atoms with van der Waals surface area (Å²) in [6.45, 7) is 0. The minimum Gasteiger partial charge on any atom is -0.306 e. The van der Waals surface area contributed by atoms with Gasteiger partial charge in [0.05, 0.1) is 0 Å². The first-order valence-corrected chi connectivity index (χ1v) is 2.27. The summed E-state index contributed by atoms with van der Waals surface area (Å²) >= 11 is -1.61. The third kappa shape index (κ3) is 52.5. The van der Waals surface area contributed by atoms with Crippen LogP contribution in [0.2, 0.25) is 0 Å². The lowest BCUT2D eigenvalue weighted by molar-refractivity contribution is 0.571. The zero-order valence-electron chi connectivity index (χ0n) is 2.97. The van der Waals surface area contributed by atoms with E-state index in [4.69, 9.17) is 8.76 Å². The first kappa shape index (κ1) is 9.30. The molecule has 0 saturated carbocycles. The van der Waals surface area contributed by atoms with Crippen molar-refractivity contribution in [2.45, 2.75) is 0 Å². The van der Waals surface area contributed by atoms with Crippen LogP contribution in [0.5, 0.6) is 0 Å². The Bertz CT molecular complexity index is 32.6. The molecule has 0 aromatic heterocycles. The van der Waals surface area contributed by atoms with Gasteiger partial charge in [-0.3, -0.25) is 0 Å². The predicted molar refractivity (Wildman–Crippen MR) is 22.4 cm³/mol. The second-order valence-corrected chi connectivity index (χ2v) is 1.27. The SMILES string of the molecule is CS(=O)O.[Mg]. The lowest BCUT2D eigenvalue weighted by Gasteiger charge is -1.60. The molecule has 0 aromatic rings. The van der Waals surface area contributed by atoms with Crippen LogP contribution in [0.4, 0.5) is 0 Å². The van der Waals surface area contributed by atoms with Gasteiger partial charge in [0, 0.05) is 29.3 Å². The summed E-state index contributed by atoms with van der Waals surface area (Å²) in [5.74, 6) is 0. The van der Waals surface area contributed by atoms with Gasteiger partial charge in [-0.05, 0) is 0 Å². The van der Waals surface area contributed by atoms with E-state index in [1.807, 2.05) is 0 Å². The molecular formula is CH4MgO2S. The van der Waals surface area contributed by atoms with Crippen LogP contribution in [0.15, 0.2) is 0 Å². The zero-order valence-corrected chi connectivity index (χ0v) is 5.20. The van der Waals surface area contributed by atoms with Crippen LogP contribution in [0.3, 0.4) is 0 Å². The van der Waals surface area contributed by atoms with E-state index in [1.54, 1.807) is 0 Å². The second kappa shape index (κ2) is 4.88. The maximum Gasteiger partial charge on any atom is 0.149 e. The molecule has 4 heteroatoms. The molecule has 2 nitrogen and oxygen atoms in total. The van der Waals surface area contributed by atoms with Gasteiger partial charge >= 0.3 is 0 Å². The number of hydrogen-bond donors (Lipinski definition) is 1. The molecule has 0 spiro atoms. The van der Waals surface area contributed by atoms with Crippen molar-refractivity contribution in [1.29, 1.82) is 0 Å². The van der Waals surface area contributed by atoms with Crippen molar-refractivity contribution in [2.24, 2.45) is 0 Å². The maximum atomic E-state index is 9.11. The minimum absolute atomic E-state index is 0. The highest BCUT2D eigenvalue weighted by Crippen LogP contribution is 1.45. The molecule has 0 rings (SSSR count). The van der Waals surface area contributed by atoms with E-state index in [9.17, 15) is 0 Å². The van der Waals surface area contributed by atoms with Crippen molar-refractivity contribution in [1.82, 2.24) is 0 Å². The molecule has 5 heavy (non-hydrogen) atoms. The summed E-state index contributed by atoms with van der Waals surface area (Å²) in [4.78, 5) is 0. The van der Waals surface area contributed by atoms with Crippen LogP contribution in [0.1, 0.15) is 0 Å². The fraction of sp³-hybridized carbons (Fsp3) is 1.00. The van der Waals surface area contributed by atoms with Gasteiger partial charge in [0.15, 0.2) is 0 Å². The molecule has 0 aliphatic carbocycles. The summed E-state index contributed by atoms with van der Waals surface area (Å²) in [6.07, 6.45) is 1.19. The Kier molecular flexibility index (Phi) is 9.07. The highest BCUT2D eigenvalue weighted by molar-refractivity contribution is 7.78. The largest absolute Gasteiger partial charge is 0.306 e. The average molecular weight is 104 g/mol. The molecule has 1 N–H and O–H groups in total. The fourth-order valence-electron chi connectivity index (χ4n) is 0. The van der Waals surface area contributed by atoms with Gasteiger partial charge in [-0.15, -0.1) is 0 Å². The lowest BCUT2D eigenvalue weighted by Crippen LogP contribution is -1.72. The predicted octanol–water partition coefficient (Wildman–Crippen LogP) is -0.543. The van der Waals surface area contributed by atoms with Crippen molar-refractivity contribution >= 4 is 34.1 Å². The Hall–Kier alpha value is 0.876. The molecule has 0 aromatic carbocycles. The molecule has 28 valence electrons. The second-order valence-electron chi connectivity index (χ2n) is 0.424. The first-order chi connectivity index (χ1) is 1.73. The summed E-state index contributed by atoms with van der Waals surface area (Å²) < 4.78 is 16.6. The van der Waals surface area contributed by atoms with Crippen molar-refractivity contribution < 1.29 is 8.76 Å². The first-order valence-electron chi connectivity index (χ1n) is 0.757. The molecule has 1 atom stereocenters. The smallest absolute Gasteiger partial charge is 0.149 e. The van der Waals surface area contributed by atoms with Crippen LogP contribution < -0.4 is 0 Å². The van der Waals surface area contributed by atoms with Crippen molar-refractivity contribution in [3.05, 3.63) is 0 Å². The van der Waals surface area contributed by atoms with Gasteiger partial charge < -0.3 is 4.55 Å². The lowest BCUT2D eigenvalue weighted by atomic mass is 12.0. The van der Waals surface area contributed by atoms with Gasteiger partial charge in [0.25, 0.3) is 0 Å². The maximum absolute atomic E-state index is 9.11. The van der Waals surface area contributed by atoms with E-state index in [0.29, 0.717) is 0 Å². The highest BCUT2D eigenvalue weighted by Gasteiger charge is 1.59. The summed E-state index contributed by atoms with van der Waals surface area (Å²) in [5.41, 5.74) is 0. The third-order valence-corrected chi connectivity index (χ3v) is 0. The molecule has 0 amide bonds. The van der Waals surface area contributed by atoms with E-state index in [2.05, 4.69) is 0 Å². The summed E-state index contributed by atoms with van der Waals surface area (Å²) in [6, 6.07) is 0. The van der Waals surface area contributed by atoms with E-state index in [-0.39, 0.29) is 23.1 Å². The molecule has 1 unspecified atom stereocenters. The third-order valence-electron chi connectivity index (χ3n) is 0. The van der Waals surface area contributed by atoms with Gasteiger partial charge in [0.1, 0.15) is 11.1 Å². The highest BCUT2D eigenvalue weighted by atomic mass is 32.2. The molecule has 0 saturated heterocycles. The molecule has 0 aliphatic heterocycles. The van der Waals surface area contributed by atoms with Crippen LogP contribution >= 0.6 is 0 Å². The molecule has 0 aliphatic rings. The molecule has 0 heterocycles. The van der Waals surface area contributed by atoms with Gasteiger partial charge in [0.2, 0.25) is 0 Å². The van der Waals surface area contributed by atoms with Crippen molar-refractivity contribution in [3.63, 3.8) is 0 Å². The van der Waals surface area contributed by atoms with E-state index in [1.165, 1.54) is 6.26 Å². The van der Waals surface area contributed by atoms with E-state index >= 15 is 0 Å². The Labute approximate surface area is 49.4 Å². The van der Waals surface area contributed by atoms with Crippen LogP contribution in [0.25, 0.3) is 0 Å². The Morgan fingerprint density at radius 3 is 1.80 bits per heavy atom. The van der Waals surface area contributed by atoms with Crippen LogP contribution in [-0.2, 0) is 11.1 Å². The normalized spacial score (nSPS) is 12.4. The molecular weight excluding hydrogens is 100 g/mol. The Balaban J connectivity index is 0. The van der Waals surface area contributed by atoms with Gasteiger partial charge in [-0.25, -0.2) is 4.21 Å². The van der Waals surface area contributed by atoms with Crippen molar-refractivity contribution in [2.75, 3.05) is 6.26 Å². The monoisotopic (exact) mass is 104 g/mol. The molecule has 0 bridgehead atoms. The summed E-state index contributed by atoms with van der Waals surface area (Å²) in [7, 11) is 0. The van der Waals surface area contributed by atoms with Gasteiger partial charge in [-0.2, -0.15) is 0 Å². The Morgan fingerprint density at radius 1 is 1.80 bits per heavy atom. The van der Waals surface area contributed by atoms with Gasteiger partial charge in [-0.1, -0.05) is 0 Å².